The first kappa shape index (κ1) is 16.3. The van der Waals surface area contributed by atoms with Gasteiger partial charge in [-0.15, -0.1) is 5.10 Å². The molecule has 1 N–H and O–H groups in total. The first-order valence-electron chi connectivity index (χ1n) is 8.81. The van der Waals surface area contributed by atoms with Crippen molar-refractivity contribution in [1.82, 2.24) is 24.9 Å². The number of nitrogens with zero attached hydrogens (tertiary/aromatic N) is 5. The molecule has 0 bridgehead atoms. The summed E-state index contributed by atoms with van der Waals surface area (Å²) in [5, 5.41) is 9.18. The van der Waals surface area contributed by atoms with Crippen LogP contribution in [0, 0.1) is 5.82 Å². The number of rotatable bonds is 3. The Hall–Kier alpha value is -2.84. The van der Waals surface area contributed by atoms with Gasteiger partial charge < -0.3 is 10.2 Å². The van der Waals surface area contributed by atoms with Crippen molar-refractivity contribution in [3.8, 4) is 22.5 Å². The maximum Gasteiger partial charge on any atom is 0.215 e. The fraction of sp³-hybridized carbons (Fsp3) is 0.211. The van der Waals surface area contributed by atoms with E-state index >= 15 is 0 Å². The van der Waals surface area contributed by atoms with Crippen molar-refractivity contribution < 1.29 is 4.39 Å². The lowest BCUT2D eigenvalue weighted by Crippen LogP contribution is -2.43. The third-order valence-electron chi connectivity index (χ3n) is 4.65. The van der Waals surface area contributed by atoms with Gasteiger partial charge in [0.25, 0.3) is 0 Å². The van der Waals surface area contributed by atoms with E-state index in [1.807, 2.05) is 16.6 Å². The van der Waals surface area contributed by atoms with Crippen molar-refractivity contribution in [2.45, 2.75) is 0 Å². The van der Waals surface area contributed by atoms with Crippen molar-refractivity contribution >= 4 is 21.4 Å². The zero-order valence-corrected chi connectivity index (χ0v) is 15.3. The van der Waals surface area contributed by atoms with E-state index in [0.717, 1.165) is 58.8 Å². The minimum atomic E-state index is -0.260. The van der Waals surface area contributed by atoms with Crippen molar-refractivity contribution in [2.24, 2.45) is 0 Å². The first-order valence-corrected chi connectivity index (χ1v) is 9.63. The summed E-state index contributed by atoms with van der Waals surface area (Å²) in [5.74, 6) is -0.260. The highest BCUT2D eigenvalue weighted by molar-refractivity contribution is 7.20. The van der Waals surface area contributed by atoms with E-state index < -0.39 is 0 Å². The molecule has 0 saturated carbocycles. The molecule has 5 rings (SSSR count). The summed E-state index contributed by atoms with van der Waals surface area (Å²) in [6.45, 7) is 3.79. The number of aromatic nitrogens is 4. The quantitative estimate of drug-likeness (QED) is 0.592. The molecular weight excluding hydrogens is 363 g/mol. The first-order chi connectivity index (χ1) is 13.3. The average molecular weight is 380 g/mol. The number of benzene rings is 1. The van der Waals surface area contributed by atoms with Gasteiger partial charge in [0.2, 0.25) is 10.1 Å². The number of fused-ring (bicyclic) bond motifs is 1. The second kappa shape index (κ2) is 6.71. The molecule has 1 aromatic carbocycles. The lowest BCUT2D eigenvalue weighted by Gasteiger charge is -2.26. The van der Waals surface area contributed by atoms with Crippen LogP contribution in [0.5, 0.6) is 0 Å². The number of anilines is 1. The lowest BCUT2D eigenvalue weighted by atomic mass is 10.1. The van der Waals surface area contributed by atoms with E-state index in [4.69, 9.17) is 10.1 Å². The molecule has 1 fully saturated rings. The second-order valence-electron chi connectivity index (χ2n) is 6.37. The lowest BCUT2D eigenvalue weighted by molar-refractivity contribution is 0.586. The standard InChI is InChI=1S/C19H17FN6S/c20-15-3-1-13(2-4-15)16-17(14-5-7-21-8-6-14)26-18(23-16)27-19(24-26)25-11-9-22-10-12-25/h1-8,22H,9-12H2. The van der Waals surface area contributed by atoms with Crippen LogP contribution in [0.4, 0.5) is 9.52 Å². The Labute approximate surface area is 159 Å². The Kier molecular flexibility index (Phi) is 4.06. The highest BCUT2D eigenvalue weighted by Gasteiger charge is 2.22. The summed E-state index contributed by atoms with van der Waals surface area (Å²) in [4.78, 5) is 12.1. The molecule has 0 amide bonds. The van der Waals surface area contributed by atoms with Gasteiger partial charge in [-0.25, -0.2) is 13.9 Å². The van der Waals surface area contributed by atoms with Gasteiger partial charge in [0.1, 0.15) is 17.2 Å². The SMILES string of the molecule is Fc1ccc(-c2nc3sc(N4CCNCC4)nn3c2-c2ccncc2)cc1. The van der Waals surface area contributed by atoms with Crippen LogP contribution in [0.1, 0.15) is 0 Å². The minimum Gasteiger partial charge on any atom is -0.344 e. The zero-order valence-electron chi connectivity index (χ0n) is 14.5. The van der Waals surface area contributed by atoms with E-state index in [1.54, 1.807) is 35.9 Å². The summed E-state index contributed by atoms with van der Waals surface area (Å²) < 4.78 is 15.3. The summed E-state index contributed by atoms with van der Waals surface area (Å²) in [6.07, 6.45) is 3.51. The Morgan fingerprint density at radius 2 is 1.70 bits per heavy atom. The van der Waals surface area contributed by atoms with Crippen molar-refractivity contribution in [3.63, 3.8) is 0 Å². The Morgan fingerprint density at radius 3 is 2.44 bits per heavy atom. The van der Waals surface area contributed by atoms with Gasteiger partial charge in [0.05, 0.1) is 0 Å². The normalized spacial score (nSPS) is 14.8. The molecule has 6 nitrogen and oxygen atoms in total. The summed E-state index contributed by atoms with van der Waals surface area (Å²) in [6, 6.07) is 10.3. The predicted octanol–water partition coefficient (Wildman–Crippen LogP) is 3.07. The molecule has 0 atom stereocenters. The van der Waals surface area contributed by atoms with E-state index in [-0.39, 0.29) is 5.82 Å². The number of hydrogen-bond donors (Lipinski definition) is 1. The maximum absolute atomic E-state index is 13.4. The van der Waals surface area contributed by atoms with Gasteiger partial charge in [-0.1, -0.05) is 11.3 Å². The molecule has 0 unspecified atom stereocenters. The summed E-state index contributed by atoms with van der Waals surface area (Å²) in [5.41, 5.74) is 3.54. The Bertz CT molecular complexity index is 1070. The van der Waals surface area contributed by atoms with Gasteiger partial charge >= 0.3 is 0 Å². The molecule has 4 aromatic rings. The van der Waals surface area contributed by atoms with E-state index in [9.17, 15) is 4.39 Å². The highest BCUT2D eigenvalue weighted by atomic mass is 32.1. The average Bonchev–Trinajstić information content (AvgIpc) is 3.28. The maximum atomic E-state index is 13.4. The van der Waals surface area contributed by atoms with Crippen LogP contribution in [0.25, 0.3) is 27.5 Å². The fourth-order valence-corrected chi connectivity index (χ4v) is 4.25. The van der Waals surface area contributed by atoms with E-state index in [1.165, 1.54) is 12.1 Å². The number of imidazole rings is 1. The van der Waals surface area contributed by atoms with Crippen molar-refractivity contribution in [1.29, 1.82) is 0 Å². The third-order valence-corrected chi connectivity index (χ3v) is 5.62. The van der Waals surface area contributed by atoms with Gasteiger partial charge in [0, 0.05) is 49.7 Å². The van der Waals surface area contributed by atoms with Crippen LogP contribution in [0.15, 0.2) is 48.8 Å². The molecule has 27 heavy (non-hydrogen) atoms. The number of hydrogen-bond acceptors (Lipinski definition) is 6. The molecule has 0 radical (unpaired) electrons. The molecule has 0 spiro atoms. The summed E-state index contributed by atoms with van der Waals surface area (Å²) in [7, 11) is 0. The number of pyridine rings is 1. The number of halogens is 1. The Morgan fingerprint density at radius 1 is 0.963 bits per heavy atom. The van der Waals surface area contributed by atoms with Crippen LogP contribution in [-0.4, -0.2) is 45.8 Å². The number of piperazine rings is 1. The second-order valence-corrected chi connectivity index (χ2v) is 7.30. The molecule has 1 aliphatic rings. The zero-order chi connectivity index (χ0) is 18.2. The van der Waals surface area contributed by atoms with Gasteiger partial charge in [-0.3, -0.25) is 4.98 Å². The van der Waals surface area contributed by atoms with Gasteiger partial charge in [0.15, 0.2) is 0 Å². The fourth-order valence-electron chi connectivity index (χ4n) is 3.30. The highest BCUT2D eigenvalue weighted by Crippen LogP contribution is 2.36. The molecule has 0 aliphatic carbocycles. The van der Waals surface area contributed by atoms with Crippen molar-refractivity contribution in [3.05, 3.63) is 54.6 Å². The van der Waals surface area contributed by atoms with Crippen LogP contribution in [0.3, 0.4) is 0 Å². The predicted molar refractivity (Wildman–Crippen MR) is 105 cm³/mol. The Balaban J connectivity index is 1.68. The smallest absolute Gasteiger partial charge is 0.215 e. The minimum absolute atomic E-state index is 0.260. The molecule has 8 heteroatoms. The molecule has 1 saturated heterocycles. The molecular formula is C19H17FN6S. The monoisotopic (exact) mass is 380 g/mol. The molecule has 3 aromatic heterocycles. The van der Waals surface area contributed by atoms with Crippen LogP contribution in [0.2, 0.25) is 0 Å². The van der Waals surface area contributed by atoms with Gasteiger partial charge in [-0.05, 0) is 36.4 Å². The molecule has 4 heterocycles. The largest absolute Gasteiger partial charge is 0.344 e. The van der Waals surface area contributed by atoms with Gasteiger partial charge in [-0.2, -0.15) is 0 Å². The van der Waals surface area contributed by atoms with Crippen LogP contribution in [-0.2, 0) is 0 Å². The topological polar surface area (TPSA) is 58.4 Å². The third kappa shape index (κ3) is 2.96. The molecule has 1 aliphatic heterocycles. The summed E-state index contributed by atoms with van der Waals surface area (Å²) >= 11 is 1.58. The number of nitrogens with one attached hydrogen (secondary N) is 1. The van der Waals surface area contributed by atoms with Crippen LogP contribution >= 0.6 is 11.3 Å². The van der Waals surface area contributed by atoms with E-state index in [2.05, 4.69) is 15.2 Å². The van der Waals surface area contributed by atoms with Crippen LogP contribution < -0.4 is 10.2 Å². The molecule has 136 valence electrons. The van der Waals surface area contributed by atoms with Crippen molar-refractivity contribution in [2.75, 3.05) is 31.1 Å². The van der Waals surface area contributed by atoms with E-state index in [0.29, 0.717) is 0 Å².